The molecule has 0 aliphatic carbocycles. The normalized spacial score (nSPS) is 18.1. The second-order valence-electron chi connectivity index (χ2n) is 8.39. The number of aliphatic hydroxyl groups is 1. The standard InChI is InChI=1S/C24H20FN3O6/c1-3-24(33)15-6-19-20-13(9-28(19)21(29)14(15)10-34-23(24)32)4-12-5-18(16(25)7-17(12)27-20)26-8-11(2)22(30)31/h4-7,26,33H,2-3,8-10H2,1H3,(H,30,31)/t24-/m0/s1. The molecule has 2 aliphatic rings. The lowest BCUT2D eigenvalue weighted by Gasteiger charge is -2.31. The molecule has 174 valence electrons. The number of nitrogens with one attached hydrogen (secondary N) is 1. The number of fused-ring (bicyclic) bond motifs is 5. The zero-order valence-electron chi connectivity index (χ0n) is 18.1. The van der Waals surface area contributed by atoms with Crippen molar-refractivity contribution in [3.8, 4) is 11.4 Å². The Bertz CT molecular complexity index is 1490. The van der Waals surface area contributed by atoms with E-state index in [1.165, 1.54) is 16.7 Å². The molecule has 1 atom stereocenters. The van der Waals surface area contributed by atoms with E-state index in [1.54, 1.807) is 19.1 Å². The van der Waals surface area contributed by atoms with E-state index in [1.807, 2.05) is 0 Å². The summed E-state index contributed by atoms with van der Waals surface area (Å²) in [5.74, 6) is -2.60. The Kier molecular flexibility index (Phi) is 4.80. The zero-order valence-corrected chi connectivity index (χ0v) is 18.1. The van der Waals surface area contributed by atoms with Gasteiger partial charge in [-0.15, -0.1) is 0 Å². The number of hydrogen-bond donors (Lipinski definition) is 3. The van der Waals surface area contributed by atoms with Gasteiger partial charge in [0.1, 0.15) is 12.4 Å². The summed E-state index contributed by atoms with van der Waals surface area (Å²) in [5, 5.41) is 23.2. The van der Waals surface area contributed by atoms with E-state index in [0.717, 1.165) is 0 Å². The van der Waals surface area contributed by atoms with Gasteiger partial charge in [-0.3, -0.25) is 4.79 Å². The number of esters is 1. The first-order valence-corrected chi connectivity index (χ1v) is 10.6. The molecule has 0 spiro atoms. The van der Waals surface area contributed by atoms with Crippen molar-refractivity contribution >= 4 is 28.5 Å². The summed E-state index contributed by atoms with van der Waals surface area (Å²) in [6, 6.07) is 6.12. The van der Waals surface area contributed by atoms with E-state index in [0.29, 0.717) is 27.9 Å². The summed E-state index contributed by atoms with van der Waals surface area (Å²) >= 11 is 0. The number of aromatic nitrogens is 2. The maximum absolute atomic E-state index is 14.7. The number of carbonyl (C=O) groups excluding carboxylic acids is 1. The maximum atomic E-state index is 14.7. The van der Waals surface area contributed by atoms with Crippen molar-refractivity contribution < 1.29 is 28.9 Å². The molecule has 0 bridgehead atoms. The minimum Gasteiger partial charge on any atom is -0.478 e. The number of rotatable bonds is 5. The van der Waals surface area contributed by atoms with Gasteiger partial charge < -0.3 is 24.8 Å². The van der Waals surface area contributed by atoms with Gasteiger partial charge in [0.15, 0.2) is 5.60 Å². The lowest BCUT2D eigenvalue weighted by atomic mass is 9.86. The molecule has 3 aromatic rings. The molecule has 10 heteroatoms. The topological polar surface area (TPSA) is 131 Å². The van der Waals surface area contributed by atoms with E-state index in [9.17, 15) is 23.9 Å². The van der Waals surface area contributed by atoms with Gasteiger partial charge in [-0.2, -0.15) is 0 Å². The summed E-state index contributed by atoms with van der Waals surface area (Å²) in [4.78, 5) is 41.0. The number of halogens is 1. The van der Waals surface area contributed by atoms with Crippen molar-refractivity contribution in [1.29, 1.82) is 0 Å². The van der Waals surface area contributed by atoms with Crippen LogP contribution in [0.1, 0.15) is 30.0 Å². The maximum Gasteiger partial charge on any atom is 0.343 e. The third-order valence-electron chi connectivity index (χ3n) is 6.39. The van der Waals surface area contributed by atoms with Crippen LogP contribution in [0.25, 0.3) is 22.3 Å². The summed E-state index contributed by atoms with van der Waals surface area (Å²) in [5.41, 5.74) is 0.0659. The van der Waals surface area contributed by atoms with Gasteiger partial charge in [0.25, 0.3) is 5.56 Å². The van der Waals surface area contributed by atoms with Gasteiger partial charge in [-0.25, -0.2) is 19.0 Å². The Morgan fingerprint density at radius 2 is 2.09 bits per heavy atom. The van der Waals surface area contributed by atoms with E-state index >= 15 is 0 Å². The number of carbonyl (C=O) groups is 2. The average Bonchev–Trinajstić information content (AvgIpc) is 3.16. The second kappa shape index (κ2) is 7.49. The number of cyclic esters (lactones) is 1. The largest absolute Gasteiger partial charge is 0.478 e. The Morgan fingerprint density at radius 3 is 2.79 bits per heavy atom. The molecular weight excluding hydrogens is 445 g/mol. The third kappa shape index (κ3) is 3.10. The van der Waals surface area contributed by atoms with Crippen LogP contribution < -0.4 is 10.9 Å². The quantitative estimate of drug-likeness (QED) is 0.302. The zero-order chi connectivity index (χ0) is 24.4. The van der Waals surface area contributed by atoms with E-state index in [-0.39, 0.29) is 54.1 Å². The highest BCUT2D eigenvalue weighted by Crippen LogP contribution is 2.39. The molecule has 1 aromatic carbocycles. The summed E-state index contributed by atoms with van der Waals surface area (Å²) in [6.07, 6.45) is 0.0367. The van der Waals surface area contributed by atoms with Crippen LogP contribution in [0, 0.1) is 5.82 Å². The Morgan fingerprint density at radius 1 is 1.32 bits per heavy atom. The minimum absolute atomic E-state index is 0.0367. The van der Waals surface area contributed by atoms with E-state index in [4.69, 9.17) is 9.84 Å². The molecule has 0 saturated carbocycles. The monoisotopic (exact) mass is 465 g/mol. The number of carboxylic acids is 1. The number of pyridine rings is 2. The fraction of sp³-hybridized carbons (Fsp3) is 0.250. The molecule has 0 amide bonds. The van der Waals surface area contributed by atoms with Crippen molar-refractivity contribution in [2.45, 2.75) is 32.1 Å². The SMILES string of the molecule is C=C(CNc1cc2cc3c(nc2cc1F)-c1cc2c(c(=O)n1C3)COC(=O)[C@]2(O)CC)C(=O)O. The molecule has 3 N–H and O–H groups in total. The molecule has 34 heavy (non-hydrogen) atoms. The third-order valence-corrected chi connectivity index (χ3v) is 6.39. The first-order chi connectivity index (χ1) is 16.1. The first-order valence-electron chi connectivity index (χ1n) is 10.6. The van der Waals surface area contributed by atoms with Crippen molar-refractivity contribution in [3.63, 3.8) is 0 Å². The van der Waals surface area contributed by atoms with Crippen molar-refractivity contribution in [3.05, 3.63) is 69.3 Å². The molecule has 0 radical (unpaired) electrons. The van der Waals surface area contributed by atoms with Gasteiger partial charge in [0, 0.05) is 34.7 Å². The number of anilines is 1. The minimum atomic E-state index is -1.92. The van der Waals surface area contributed by atoms with Crippen molar-refractivity contribution in [2.24, 2.45) is 0 Å². The number of benzene rings is 1. The van der Waals surface area contributed by atoms with Gasteiger partial charge in [-0.1, -0.05) is 13.5 Å². The molecule has 2 aliphatic heterocycles. The predicted octanol–water partition coefficient (Wildman–Crippen LogP) is 2.27. The number of ether oxygens (including phenoxy) is 1. The molecule has 0 unspecified atom stereocenters. The smallest absolute Gasteiger partial charge is 0.343 e. The van der Waals surface area contributed by atoms with E-state index in [2.05, 4.69) is 16.9 Å². The molecule has 0 fully saturated rings. The fourth-order valence-electron chi connectivity index (χ4n) is 4.42. The number of carboxylic acid groups (broad SMARTS) is 1. The summed E-state index contributed by atoms with van der Waals surface area (Å²) in [7, 11) is 0. The van der Waals surface area contributed by atoms with Crippen LogP contribution in [0.3, 0.4) is 0 Å². The number of hydrogen-bond acceptors (Lipinski definition) is 7. The molecule has 5 rings (SSSR count). The van der Waals surface area contributed by atoms with E-state index < -0.39 is 23.4 Å². The Balaban J connectivity index is 1.61. The van der Waals surface area contributed by atoms with Gasteiger partial charge >= 0.3 is 11.9 Å². The summed E-state index contributed by atoms with van der Waals surface area (Å²) in [6.45, 7) is 4.90. The number of aliphatic carboxylic acids is 1. The van der Waals surface area contributed by atoms with Crippen LogP contribution in [0.2, 0.25) is 0 Å². The summed E-state index contributed by atoms with van der Waals surface area (Å²) < 4.78 is 21.2. The van der Waals surface area contributed by atoms with Crippen LogP contribution >= 0.6 is 0 Å². The highest BCUT2D eigenvalue weighted by molar-refractivity contribution is 5.89. The number of nitrogens with zero attached hydrogens (tertiary/aromatic N) is 2. The molecule has 0 saturated heterocycles. The van der Waals surface area contributed by atoms with Crippen LogP contribution in [0.5, 0.6) is 0 Å². The van der Waals surface area contributed by atoms with Gasteiger partial charge in [0.2, 0.25) is 0 Å². The second-order valence-corrected chi connectivity index (χ2v) is 8.39. The van der Waals surface area contributed by atoms with Crippen LogP contribution in [0.15, 0.2) is 41.2 Å². The predicted molar refractivity (Wildman–Crippen MR) is 120 cm³/mol. The van der Waals surface area contributed by atoms with Gasteiger partial charge in [0.05, 0.1) is 34.7 Å². The van der Waals surface area contributed by atoms with Crippen molar-refractivity contribution in [1.82, 2.24) is 9.55 Å². The van der Waals surface area contributed by atoms with Gasteiger partial charge in [-0.05, 0) is 24.6 Å². The fourth-order valence-corrected chi connectivity index (χ4v) is 4.42. The molecule has 2 aromatic heterocycles. The lowest BCUT2D eigenvalue weighted by Crippen LogP contribution is -2.44. The molecule has 4 heterocycles. The molecular formula is C24H20FN3O6. The molecule has 9 nitrogen and oxygen atoms in total. The van der Waals surface area contributed by atoms with Crippen molar-refractivity contribution in [2.75, 3.05) is 11.9 Å². The Labute approximate surface area is 192 Å². The first kappa shape index (κ1) is 21.8. The lowest BCUT2D eigenvalue weighted by molar-refractivity contribution is -0.172. The Hall–Kier alpha value is -4.05. The van der Waals surface area contributed by atoms with Crippen LogP contribution in [0.4, 0.5) is 10.1 Å². The average molecular weight is 465 g/mol. The van der Waals surface area contributed by atoms with Crippen LogP contribution in [-0.2, 0) is 33.1 Å². The highest BCUT2D eigenvalue weighted by Gasteiger charge is 2.45. The van der Waals surface area contributed by atoms with Crippen LogP contribution in [-0.4, -0.2) is 38.2 Å². The highest BCUT2D eigenvalue weighted by atomic mass is 19.1.